The molecule has 0 bridgehead atoms. The number of nitrogens with zero attached hydrogens (tertiary/aromatic N) is 2. The van der Waals surface area contributed by atoms with E-state index in [2.05, 4.69) is 0 Å². The zero-order valence-electron chi connectivity index (χ0n) is 18.2. The van der Waals surface area contributed by atoms with Crippen LogP contribution in [0.3, 0.4) is 0 Å². The highest BCUT2D eigenvalue weighted by Gasteiger charge is 2.48. The monoisotopic (exact) mass is 424 g/mol. The third-order valence-corrected chi connectivity index (χ3v) is 6.83. The Balaban J connectivity index is 1.37. The average Bonchev–Trinajstić information content (AvgIpc) is 3.11. The van der Waals surface area contributed by atoms with Gasteiger partial charge < -0.3 is 9.64 Å². The fourth-order valence-electron chi connectivity index (χ4n) is 5.17. The maximum absolute atomic E-state index is 12.5. The van der Waals surface area contributed by atoms with Crippen LogP contribution in [0.5, 0.6) is 0 Å². The molecule has 0 aromatic heterocycles. The highest BCUT2D eigenvalue weighted by molar-refractivity contribution is 6.07. The lowest BCUT2D eigenvalue weighted by molar-refractivity contribution is -0.154. The first-order chi connectivity index (χ1) is 14.7. The summed E-state index contributed by atoms with van der Waals surface area (Å²) in [5, 5.41) is 0. The van der Waals surface area contributed by atoms with Crippen molar-refractivity contribution in [3.8, 4) is 0 Å². The molecule has 164 valence electrons. The third-order valence-electron chi connectivity index (χ3n) is 6.83. The molecule has 2 heterocycles. The molecular weight excluding hydrogens is 396 g/mol. The van der Waals surface area contributed by atoms with Crippen LogP contribution in [0.25, 0.3) is 0 Å². The maximum atomic E-state index is 12.5. The Morgan fingerprint density at radius 1 is 1.10 bits per heavy atom. The smallest absolute Gasteiger partial charge is 0.326 e. The molecule has 1 aromatic carbocycles. The van der Waals surface area contributed by atoms with Crippen molar-refractivity contribution in [3.63, 3.8) is 0 Å². The Labute approximate surface area is 182 Å². The van der Waals surface area contributed by atoms with Crippen LogP contribution in [0.4, 0.5) is 5.69 Å². The van der Waals surface area contributed by atoms with Gasteiger partial charge in [-0.1, -0.05) is 44.9 Å². The number of ether oxygens (including phenoxy) is 1. The van der Waals surface area contributed by atoms with Gasteiger partial charge in [-0.25, -0.2) is 0 Å². The van der Waals surface area contributed by atoms with Gasteiger partial charge in [0.2, 0.25) is 11.8 Å². The van der Waals surface area contributed by atoms with Crippen LogP contribution in [0.2, 0.25) is 0 Å². The lowest BCUT2D eigenvalue weighted by Gasteiger charge is -2.23. The minimum atomic E-state index is -0.741. The predicted molar refractivity (Wildman–Crippen MR) is 114 cm³/mol. The van der Waals surface area contributed by atoms with Gasteiger partial charge >= 0.3 is 5.97 Å². The van der Waals surface area contributed by atoms with Gasteiger partial charge in [0.15, 0.2) is 12.4 Å². The number of amides is 2. The molecule has 2 atom stereocenters. The first-order valence-corrected chi connectivity index (χ1v) is 10.8. The molecule has 3 aliphatic rings. The number of esters is 1. The van der Waals surface area contributed by atoms with Gasteiger partial charge in [0, 0.05) is 29.9 Å². The summed E-state index contributed by atoms with van der Waals surface area (Å²) in [7, 11) is 1.91. The minimum absolute atomic E-state index is 0.285. The number of ketones is 1. The van der Waals surface area contributed by atoms with Gasteiger partial charge in [0.05, 0.1) is 11.8 Å². The zero-order chi connectivity index (χ0) is 22.3. The standard InChI is InChI=1S/C24H28N2O5/c1-24(2)18-10-6-7-11-19(18)25(3)20(24)12-15(27)14-31-21(28)13-26-22(29)16-8-4-5-9-17(16)23(26)30/h6-7,10-12,16-17H,4-5,8-9,13-14H2,1-3H3/t16-,17-/m0/s1. The number of hydrogen-bond donors (Lipinski definition) is 0. The molecule has 31 heavy (non-hydrogen) atoms. The molecule has 0 unspecified atom stereocenters. The normalized spacial score (nSPS) is 25.6. The van der Waals surface area contributed by atoms with E-state index in [1.807, 2.05) is 50.1 Å². The van der Waals surface area contributed by atoms with Crippen molar-refractivity contribution in [1.29, 1.82) is 0 Å². The van der Waals surface area contributed by atoms with E-state index in [9.17, 15) is 19.2 Å². The highest BCUT2D eigenvalue weighted by Crippen LogP contribution is 2.46. The van der Waals surface area contributed by atoms with E-state index in [4.69, 9.17) is 4.74 Å². The summed E-state index contributed by atoms with van der Waals surface area (Å²) in [6.07, 6.45) is 4.75. The van der Waals surface area contributed by atoms with Gasteiger partial charge in [-0.05, 0) is 24.5 Å². The largest absolute Gasteiger partial charge is 0.456 e. The van der Waals surface area contributed by atoms with Crippen LogP contribution < -0.4 is 4.90 Å². The summed E-state index contributed by atoms with van der Waals surface area (Å²) < 4.78 is 5.11. The van der Waals surface area contributed by atoms with E-state index in [-0.39, 0.29) is 34.8 Å². The molecule has 7 nitrogen and oxygen atoms in total. The van der Waals surface area contributed by atoms with Crippen molar-refractivity contribution in [1.82, 2.24) is 4.90 Å². The van der Waals surface area contributed by atoms with Crippen molar-refractivity contribution < 1.29 is 23.9 Å². The number of carbonyl (C=O) groups excluding carboxylic acids is 4. The summed E-state index contributed by atoms with van der Waals surface area (Å²) in [5.74, 6) is -2.26. The van der Waals surface area contributed by atoms with E-state index in [0.29, 0.717) is 12.8 Å². The Morgan fingerprint density at radius 3 is 2.32 bits per heavy atom. The molecule has 1 saturated carbocycles. The molecule has 0 N–H and O–H groups in total. The Morgan fingerprint density at radius 2 is 1.71 bits per heavy atom. The Hall–Kier alpha value is -2.96. The lowest BCUT2D eigenvalue weighted by Crippen LogP contribution is -2.37. The van der Waals surface area contributed by atoms with E-state index < -0.39 is 19.1 Å². The van der Waals surface area contributed by atoms with Gasteiger partial charge in [0.25, 0.3) is 0 Å². The zero-order valence-corrected chi connectivity index (χ0v) is 18.2. The number of fused-ring (bicyclic) bond motifs is 2. The second-order valence-corrected chi connectivity index (χ2v) is 9.12. The molecule has 2 aliphatic heterocycles. The molecule has 2 fully saturated rings. The highest BCUT2D eigenvalue weighted by atomic mass is 16.5. The first kappa shape index (κ1) is 21.3. The van der Waals surface area contributed by atoms with E-state index in [1.54, 1.807) is 0 Å². The number of para-hydroxylation sites is 1. The molecule has 7 heteroatoms. The van der Waals surface area contributed by atoms with Crippen LogP contribution in [0.1, 0.15) is 45.1 Å². The summed E-state index contributed by atoms with van der Waals surface area (Å²) in [6, 6.07) is 7.97. The molecule has 4 rings (SSSR count). The number of hydrogen-bond acceptors (Lipinski definition) is 6. The fourth-order valence-corrected chi connectivity index (χ4v) is 5.17. The number of likely N-dealkylation sites (tertiary alicyclic amines) is 1. The van der Waals surface area contributed by atoms with Crippen LogP contribution in [0, 0.1) is 11.8 Å². The first-order valence-electron chi connectivity index (χ1n) is 10.8. The molecule has 2 amide bonds. The van der Waals surface area contributed by atoms with Crippen molar-refractivity contribution in [2.75, 3.05) is 25.1 Å². The number of rotatable bonds is 5. The van der Waals surface area contributed by atoms with E-state index in [1.165, 1.54) is 6.08 Å². The van der Waals surface area contributed by atoms with Crippen LogP contribution in [-0.4, -0.2) is 48.7 Å². The number of benzene rings is 1. The van der Waals surface area contributed by atoms with Gasteiger partial charge in [0.1, 0.15) is 6.54 Å². The number of allylic oxidation sites excluding steroid dienone is 1. The topological polar surface area (TPSA) is 84.0 Å². The second-order valence-electron chi connectivity index (χ2n) is 9.12. The van der Waals surface area contributed by atoms with Gasteiger partial charge in [-0.15, -0.1) is 0 Å². The molecule has 1 saturated heterocycles. The molecule has 0 radical (unpaired) electrons. The van der Waals surface area contributed by atoms with E-state index in [0.717, 1.165) is 34.7 Å². The lowest BCUT2D eigenvalue weighted by atomic mass is 9.81. The average molecular weight is 424 g/mol. The van der Waals surface area contributed by atoms with Crippen LogP contribution >= 0.6 is 0 Å². The van der Waals surface area contributed by atoms with E-state index >= 15 is 0 Å². The van der Waals surface area contributed by atoms with Crippen molar-refractivity contribution in [2.45, 2.75) is 44.9 Å². The minimum Gasteiger partial charge on any atom is -0.456 e. The maximum Gasteiger partial charge on any atom is 0.326 e. The van der Waals surface area contributed by atoms with Crippen LogP contribution in [-0.2, 0) is 29.3 Å². The molecular formula is C24H28N2O5. The van der Waals surface area contributed by atoms with Crippen LogP contribution in [0.15, 0.2) is 36.0 Å². The Kier molecular flexibility index (Phi) is 5.45. The summed E-state index contributed by atoms with van der Waals surface area (Å²) in [5.41, 5.74) is 2.64. The summed E-state index contributed by atoms with van der Waals surface area (Å²) >= 11 is 0. The second kappa shape index (κ2) is 7.94. The number of imide groups is 1. The molecule has 0 spiro atoms. The fraction of sp³-hybridized carbons (Fsp3) is 0.500. The van der Waals surface area contributed by atoms with Gasteiger partial charge in [-0.3, -0.25) is 24.1 Å². The van der Waals surface area contributed by atoms with Crippen molar-refractivity contribution in [3.05, 3.63) is 41.6 Å². The summed E-state index contributed by atoms with van der Waals surface area (Å²) in [4.78, 5) is 52.7. The Bertz CT molecular complexity index is 956. The molecule has 1 aliphatic carbocycles. The SMILES string of the molecule is CN1C(=CC(=O)COC(=O)CN2C(=O)[C@H]3CCCC[C@@H]3C2=O)C(C)(C)c2ccccc21. The molecule has 1 aromatic rings. The predicted octanol–water partition coefficient (Wildman–Crippen LogP) is 2.59. The number of carbonyl (C=O) groups is 4. The summed E-state index contributed by atoms with van der Waals surface area (Å²) in [6.45, 7) is 3.24. The number of likely N-dealkylation sites (N-methyl/N-ethyl adjacent to an activating group) is 1. The third kappa shape index (κ3) is 3.66. The van der Waals surface area contributed by atoms with Crippen molar-refractivity contribution >= 4 is 29.3 Å². The van der Waals surface area contributed by atoms with Gasteiger partial charge in [-0.2, -0.15) is 0 Å². The number of anilines is 1. The quantitative estimate of drug-likeness (QED) is 0.410. The van der Waals surface area contributed by atoms with Crippen molar-refractivity contribution in [2.24, 2.45) is 11.8 Å².